The van der Waals surface area contributed by atoms with Gasteiger partial charge in [0.25, 0.3) is 0 Å². The van der Waals surface area contributed by atoms with Gasteiger partial charge in [0.15, 0.2) is 56.6 Å². The molecule has 0 saturated carbocycles. The van der Waals surface area contributed by atoms with Crippen molar-refractivity contribution in [2.24, 2.45) is 0 Å². The van der Waals surface area contributed by atoms with Crippen LogP contribution in [0, 0.1) is 0 Å². The van der Waals surface area contributed by atoms with Crippen LogP contribution in [0.1, 0.15) is 0 Å². The van der Waals surface area contributed by atoms with E-state index in [1.807, 2.05) is 0 Å². The van der Waals surface area contributed by atoms with E-state index in [-0.39, 0.29) is 0 Å². The van der Waals surface area contributed by atoms with Crippen LogP contribution in [0.25, 0.3) is 0 Å². The third kappa shape index (κ3) is 15.8. The first kappa shape index (κ1) is 79.8. The molecule has 0 spiro atoms. The van der Waals surface area contributed by atoms with Gasteiger partial charge in [0.1, 0.15) is 220 Å². The molecular formula is C54H90O45. The van der Waals surface area contributed by atoms with Crippen molar-refractivity contribution in [3.05, 3.63) is 0 Å². The van der Waals surface area contributed by atoms with Crippen LogP contribution in [0.2, 0.25) is 0 Å². The van der Waals surface area contributed by atoms with Crippen molar-refractivity contribution in [1.29, 1.82) is 0 Å². The third-order valence-electron chi connectivity index (χ3n) is 19.0. The molecule has 0 amide bonds. The summed E-state index contributed by atoms with van der Waals surface area (Å²) < 4.78 is 103. The maximum atomic E-state index is 11.5. The second kappa shape index (κ2) is 34.0. The summed E-state index contributed by atoms with van der Waals surface area (Å²) in [6, 6.07) is 0. The van der Waals surface area contributed by atoms with Crippen LogP contribution in [-0.4, -0.2) is 474 Å². The Labute approximate surface area is 558 Å². The highest BCUT2D eigenvalue weighted by Crippen LogP contribution is 2.40. The zero-order chi connectivity index (χ0) is 72.1. The zero-order valence-electron chi connectivity index (χ0n) is 51.8. The smallest absolute Gasteiger partial charge is 0.187 e. The molecule has 576 valence electrons. The highest BCUT2D eigenvalue weighted by atomic mass is 16.8. The fourth-order valence-corrected chi connectivity index (χ4v) is 13.4. The number of hydrogen-bond acceptors (Lipinski definition) is 45. The van der Waals surface area contributed by atoms with Gasteiger partial charge in [0.05, 0.1) is 59.5 Å². The third-order valence-corrected chi connectivity index (χ3v) is 19.0. The molecule has 45 heteroatoms. The second-order valence-electron chi connectivity index (χ2n) is 25.3. The molecule has 27 rings (SSSR count). The van der Waals surface area contributed by atoms with E-state index in [1.165, 1.54) is 0 Å². The van der Waals surface area contributed by atoms with Gasteiger partial charge >= 0.3 is 0 Å². The summed E-state index contributed by atoms with van der Waals surface area (Å²) in [4.78, 5) is 0. The molecule has 0 unspecified atom stereocenters. The normalized spacial score (nSPS) is 55.4. The van der Waals surface area contributed by atoms with Gasteiger partial charge in [-0.2, -0.15) is 0 Å². The van der Waals surface area contributed by atoms with Crippen LogP contribution in [0.3, 0.4) is 0 Å². The molecule has 99 heavy (non-hydrogen) atoms. The van der Waals surface area contributed by atoms with Gasteiger partial charge in [-0.05, 0) is 0 Å². The Morgan fingerprint density at radius 2 is 0.202 bits per heavy atom. The number of ether oxygens (including phenoxy) is 18. The number of aliphatic hydroxyl groups excluding tert-OH is 27. The molecule has 27 N–H and O–H groups in total. The fourth-order valence-electron chi connectivity index (χ4n) is 13.4. The van der Waals surface area contributed by atoms with Crippen molar-refractivity contribution in [1.82, 2.24) is 0 Å². The first-order chi connectivity index (χ1) is 47.1. The maximum Gasteiger partial charge on any atom is 0.187 e. The highest BCUT2D eigenvalue weighted by Gasteiger charge is 2.61. The fraction of sp³-hybridized carbons (Fsp3) is 1.00. The highest BCUT2D eigenvalue weighted by molar-refractivity contribution is 5.03. The summed E-state index contributed by atoms with van der Waals surface area (Å²) in [5, 5.41) is 300. The van der Waals surface area contributed by atoms with Gasteiger partial charge in [0, 0.05) is 0 Å². The predicted octanol–water partition coefficient (Wildman–Crippen LogP) is -19.6. The zero-order valence-corrected chi connectivity index (χ0v) is 51.8. The van der Waals surface area contributed by atoms with E-state index in [2.05, 4.69) is 0 Å². The second-order valence-corrected chi connectivity index (χ2v) is 25.3. The number of aliphatic hydroxyl groups is 27. The van der Waals surface area contributed by atoms with Crippen LogP contribution in [-0.2, 0) is 85.3 Å². The average Bonchev–Trinajstić information content (AvgIpc) is 0.782. The molecule has 0 radical (unpaired) electrons. The van der Waals surface area contributed by atoms with E-state index in [1.54, 1.807) is 0 Å². The molecule has 27 saturated heterocycles. The van der Waals surface area contributed by atoms with Crippen molar-refractivity contribution in [3.63, 3.8) is 0 Å². The summed E-state index contributed by atoms with van der Waals surface area (Å²) in [5.74, 6) is 0. The van der Waals surface area contributed by atoms with Gasteiger partial charge < -0.3 is 223 Å². The topological polar surface area (TPSA) is 712 Å². The van der Waals surface area contributed by atoms with Crippen molar-refractivity contribution in [2.45, 2.75) is 276 Å². The van der Waals surface area contributed by atoms with E-state index < -0.39 is 336 Å². The van der Waals surface area contributed by atoms with Crippen molar-refractivity contribution >= 4 is 0 Å². The molecule has 27 aliphatic heterocycles. The summed E-state index contributed by atoms with van der Waals surface area (Å²) in [6.07, 6.45) is -93.8. The van der Waals surface area contributed by atoms with E-state index in [0.29, 0.717) is 0 Å². The first-order valence-electron chi connectivity index (χ1n) is 31.7. The van der Waals surface area contributed by atoms with Crippen molar-refractivity contribution in [3.8, 4) is 0 Å². The lowest BCUT2D eigenvalue weighted by molar-refractivity contribution is -0.399. The largest absolute Gasteiger partial charge is 0.394 e. The van der Waals surface area contributed by atoms with Gasteiger partial charge in [-0.1, -0.05) is 0 Å². The monoisotopic (exact) mass is 1460 g/mol. The standard InChI is InChI=1S/C54H90O45/c55-1-10-37-19(64)28(73)46(82-10)92-38-11(2-56)84-48(30(75)21(38)66)94-40-13(4-58)86-50(32(77)23(40)68)96-42-15(6-60)88-52(34(79)25(42)70)98-44-17(8-62)90-54(36(81)27(44)72)99-45-18(9-63)89-53(35(80)26(45)71)97-43-16(7-61)87-51(33(78)24(43)69)95-41-14(5-59)85-49(31(76)22(41)67)93-39-12(3-57)83-47(91-37)29(74)20(39)65/h10-81H,1-9H2/t10-,11-,12-,13-,14-,15-,16-,17-,18-,19-,20-,21-,22-,23-,24-,25-,26-,27-,28-,29-,30-,31-,32-,33-,34-,35-,36-,37-,38-,39-,40-,41-,42-,43-,44-,45-,46-,47-,48-,49-,50-,51-,52-,53-,54-/m1/s1. The molecule has 27 fully saturated rings. The quantitative estimate of drug-likeness (QED) is 0.102. The lowest BCUT2D eigenvalue weighted by Gasteiger charge is -2.50. The molecule has 45 atom stereocenters. The summed E-state index contributed by atoms with van der Waals surface area (Å²) >= 11 is 0. The molecule has 27 heterocycles. The number of hydrogen-bond donors (Lipinski definition) is 27. The maximum absolute atomic E-state index is 11.5. The molecule has 18 bridgehead atoms. The molecule has 0 aliphatic carbocycles. The van der Waals surface area contributed by atoms with Crippen molar-refractivity contribution in [2.75, 3.05) is 59.5 Å². The van der Waals surface area contributed by atoms with Gasteiger partial charge in [0.2, 0.25) is 0 Å². The minimum atomic E-state index is -2.28. The first-order valence-corrected chi connectivity index (χ1v) is 31.7. The van der Waals surface area contributed by atoms with Gasteiger partial charge in [-0.25, -0.2) is 0 Å². The molecular weight excluding hydrogens is 1370 g/mol. The Bertz CT molecular complexity index is 1940. The van der Waals surface area contributed by atoms with Crippen LogP contribution in [0.15, 0.2) is 0 Å². The predicted molar refractivity (Wildman–Crippen MR) is 294 cm³/mol. The van der Waals surface area contributed by atoms with E-state index in [4.69, 9.17) is 85.3 Å². The Morgan fingerprint density at radius 1 is 0.121 bits per heavy atom. The van der Waals surface area contributed by atoms with Crippen LogP contribution >= 0.6 is 0 Å². The Morgan fingerprint density at radius 3 is 0.273 bits per heavy atom. The Kier molecular flexibility index (Phi) is 27.4. The molecule has 45 nitrogen and oxygen atoms in total. The molecule has 0 aromatic rings. The molecule has 0 aromatic heterocycles. The van der Waals surface area contributed by atoms with E-state index in [0.717, 1.165) is 0 Å². The summed E-state index contributed by atoms with van der Waals surface area (Å²) in [7, 11) is 0. The Balaban J connectivity index is 0.896. The van der Waals surface area contributed by atoms with Gasteiger partial charge in [-0.3, -0.25) is 0 Å². The average molecular weight is 1460 g/mol. The van der Waals surface area contributed by atoms with Crippen LogP contribution in [0.5, 0.6) is 0 Å². The lowest BCUT2D eigenvalue weighted by Crippen LogP contribution is -2.68. The summed E-state index contributed by atoms with van der Waals surface area (Å²) in [5.41, 5.74) is 0. The minimum Gasteiger partial charge on any atom is -0.394 e. The van der Waals surface area contributed by atoms with E-state index in [9.17, 15) is 138 Å². The SMILES string of the molecule is OC[C@H]1O[C@@H]2O[C@H]3[C@H](O)[C@@H](O)[C@@H](O[C@H]4[C@H](O)[C@@H](O)[C@@H](O[C@H]5[C@H](O)[C@@H](O)[C@@H](O[C@H]6[C@H](O)[C@@H](O)[C@@H](O[C@H]7[C@H](O)[C@@H](O)[C@@H](O[C@H]8[C@H](O)[C@@H](O)[C@@H](O[C@H]9[C@H](O)[C@@H](O)[C@@H](O[C@H]%10[C@H](O)[C@@H](O)[C@@H](O[C@H]1[C@H](O)[C@H]2O)O[C@@H]%10CO)O[C@@H]9CO)O[C@@H]8CO)O[C@@H]7CO)O[C@@H]6CO)O[C@@H]5CO)O[C@@H]4CO)O[C@@H]3CO. The Hall–Kier alpha value is -1.80. The van der Waals surface area contributed by atoms with E-state index >= 15 is 0 Å². The molecule has 27 aliphatic rings. The number of rotatable bonds is 9. The van der Waals surface area contributed by atoms with Crippen LogP contribution < -0.4 is 0 Å². The van der Waals surface area contributed by atoms with Gasteiger partial charge in [-0.15, -0.1) is 0 Å². The van der Waals surface area contributed by atoms with Crippen molar-refractivity contribution < 1.29 is 223 Å². The molecule has 0 aromatic carbocycles. The lowest BCUT2D eigenvalue weighted by atomic mass is 9.95. The van der Waals surface area contributed by atoms with Crippen LogP contribution in [0.4, 0.5) is 0 Å². The minimum absolute atomic E-state index is 1.11. The summed E-state index contributed by atoms with van der Waals surface area (Å²) in [6.45, 7) is -9.99.